The molecule has 2 aromatic rings. The first-order valence-electron chi connectivity index (χ1n) is 10.7. The molecule has 0 bridgehead atoms. The van der Waals surface area contributed by atoms with Crippen LogP contribution in [0.3, 0.4) is 0 Å². The summed E-state index contributed by atoms with van der Waals surface area (Å²) < 4.78 is 10.1. The summed E-state index contributed by atoms with van der Waals surface area (Å²) in [7, 11) is 1.44. The van der Waals surface area contributed by atoms with Gasteiger partial charge >= 0.3 is 5.97 Å². The molecule has 1 heterocycles. The van der Waals surface area contributed by atoms with E-state index in [1.54, 1.807) is 37.3 Å². The number of aliphatic hydroxyl groups is 1. The van der Waals surface area contributed by atoms with Crippen molar-refractivity contribution in [1.29, 1.82) is 0 Å². The van der Waals surface area contributed by atoms with E-state index in [4.69, 9.17) is 9.47 Å². The van der Waals surface area contributed by atoms with Gasteiger partial charge in [-0.2, -0.15) is 0 Å². The first kappa shape index (κ1) is 25.1. The number of aromatic hydroxyl groups is 1. The zero-order valence-corrected chi connectivity index (χ0v) is 20.5. The first-order valence-corrected chi connectivity index (χ1v) is 11.5. The van der Waals surface area contributed by atoms with E-state index in [2.05, 4.69) is 25.8 Å². The number of phenolic OH excluding ortho intramolecular Hbond substituents is 1. The largest absolute Gasteiger partial charge is 0.506 e. The minimum atomic E-state index is -0.775. The van der Waals surface area contributed by atoms with Gasteiger partial charge in [0, 0.05) is 5.56 Å². The lowest BCUT2D eigenvalue weighted by Gasteiger charge is -2.18. The van der Waals surface area contributed by atoms with E-state index in [1.807, 2.05) is 12.1 Å². The molecule has 0 fully saturated rings. The number of aliphatic hydroxyl groups excluding tert-OH is 1. The number of carbonyl (C=O) groups excluding carboxylic acids is 2. The minimum Gasteiger partial charge on any atom is -0.506 e. The van der Waals surface area contributed by atoms with E-state index in [0.717, 1.165) is 17.3 Å². The fourth-order valence-corrected chi connectivity index (χ4v) is 4.22. The lowest BCUT2D eigenvalue weighted by Crippen LogP contribution is -2.14. The summed E-state index contributed by atoms with van der Waals surface area (Å²) in [6, 6.07) is 11.8. The highest BCUT2D eigenvalue weighted by Gasteiger charge is 2.34. The highest BCUT2D eigenvalue weighted by atomic mass is 32.2. The number of ether oxygens (including phenoxy) is 2. The van der Waals surface area contributed by atoms with E-state index in [1.165, 1.54) is 13.2 Å². The van der Waals surface area contributed by atoms with Gasteiger partial charge in [0.15, 0.2) is 11.5 Å². The van der Waals surface area contributed by atoms with E-state index in [9.17, 15) is 19.8 Å². The summed E-state index contributed by atoms with van der Waals surface area (Å²) >= 11 is 0.975. The molecule has 1 aliphatic heterocycles. The molecule has 2 N–H and O–H groups in total. The minimum absolute atomic E-state index is 0.0461. The normalized spacial score (nSPS) is 16.3. The van der Waals surface area contributed by atoms with Gasteiger partial charge in [-0.25, -0.2) is 9.79 Å². The molecule has 0 saturated carbocycles. The fraction of sp³-hybridized carbons (Fsp3) is 0.269. The monoisotopic (exact) mass is 481 g/mol. The molecule has 0 aromatic heterocycles. The predicted octanol–water partition coefficient (Wildman–Crippen LogP) is 5.40. The van der Waals surface area contributed by atoms with Gasteiger partial charge in [0.25, 0.3) is 5.91 Å². The lowest BCUT2D eigenvalue weighted by molar-refractivity contribution is -0.138. The lowest BCUT2D eigenvalue weighted by atomic mass is 9.87. The van der Waals surface area contributed by atoms with Crippen molar-refractivity contribution in [1.82, 2.24) is 0 Å². The Kier molecular flexibility index (Phi) is 7.51. The Hall–Kier alpha value is -3.52. The molecule has 0 unspecified atom stereocenters. The van der Waals surface area contributed by atoms with Crippen LogP contribution in [-0.4, -0.2) is 40.8 Å². The molecule has 34 heavy (non-hydrogen) atoms. The highest BCUT2D eigenvalue weighted by molar-refractivity contribution is 8.18. The number of aliphatic imine (C=N–C) groups is 1. The van der Waals surface area contributed by atoms with Crippen LogP contribution >= 0.6 is 11.8 Å². The molecular weight excluding hydrogens is 454 g/mol. The van der Waals surface area contributed by atoms with Crippen LogP contribution in [0, 0.1) is 0 Å². The van der Waals surface area contributed by atoms with Gasteiger partial charge in [-0.15, -0.1) is 0 Å². The van der Waals surface area contributed by atoms with Gasteiger partial charge in [-0.05, 0) is 53.8 Å². The van der Waals surface area contributed by atoms with Crippen molar-refractivity contribution < 1.29 is 29.3 Å². The zero-order valence-electron chi connectivity index (χ0n) is 19.7. The third kappa shape index (κ3) is 5.51. The molecule has 3 rings (SSSR count). The second-order valence-corrected chi connectivity index (χ2v) is 9.57. The van der Waals surface area contributed by atoms with Crippen molar-refractivity contribution in [3.63, 3.8) is 0 Å². The first-order chi connectivity index (χ1) is 16.0. The summed E-state index contributed by atoms with van der Waals surface area (Å²) in [5.41, 5.74) is 1.76. The second kappa shape index (κ2) is 10.2. The number of carbonyl (C=O) groups is 2. The molecule has 178 valence electrons. The van der Waals surface area contributed by atoms with Crippen molar-refractivity contribution >= 4 is 34.8 Å². The Labute approximate surface area is 202 Å². The number of thioether (sulfide) groups is 1. The molecule has 0 radical (unpaired) electrons. The van der Waals surface area contributed by atoms with E-state index >= 15 is 0 Å². The van der Waals surface area contributed by atoms with Crippen LogP contribution in [0.25, 0.3) is 6.08 Å². The van der Waals surface area contributed by atoms with E-state index < -0.39 is 11.9 Å². The molecule has 0 spiro atoms. The number of phenols is 1. The van der Waals surface area contributed by atoms with Crippen LogP contribution in [0.1, 0.15) is 49.2 Å². The maximum absolute atomic E-state index is 12.9. The van der Waals surface area contributed by atoms with Crippen LogP contribution in [0.4, 0.5) is 0 Å². The maximum Gasteiger partial charge on any atom is 0.344 e. The Balaban J connectivity index is 1.97. The summed E-state index contributed by atoms with van der Waals surface area (Å²) in [5.74, 6) is -1.42. The molecule has 0 saturated heterocycles. The summed E-state index contributed by atoms with van der Waals surface area (Å²) in [6.07, 6.45) is 1.57. The molecule has 0 aliphatic carbocycles. The Morgan fingerprint density at radius 2 is 1.76 bits per heavy atom. The van der Waals surface area contributed by atoms with Crippen LogP contribution in [0.15, 0.2) is 63.7 Å². The maximum atomic E-state index is 12.9. The van der Waals surface area contributed by atoms with Crippen LogP contribution in [0.5, 0.6) is 11.5 Å². The molecular formula is C26H27NO6S. The molecule has 0 atom stereocenters. The number of amides is 1. The summed E-state index contributed by atoms with van der Waals surface area (Å²) in [4.78, 5) is 29.8. The molecule has 8 heteroatoms. The topological polar surface area (TPSA) is 105 Å². The Morgan fingerprint density at radius 3 is 2.32 bits per heavy atom. The number of rotatable bonds is 5. The van der Waals surface area contributed by atoms with Crippen LogP contribution < -0.4 is 4.74 Å². The molecule has 2 aromatic carbocycles. The van der Waals surface area contributed by atoms with Gasteiger partial charge in [0.2, 0.25) is 0 Å². The number of nitrogens with zero attached hydrogens (tertiary/aromatic N) is 1. The summed E-state index contributed by atoms with van der Waals surface area (Å²) in [5, 5.41) is 20.8. The molecule has 7 nitrogen and oxygen atoms in total. The van der Waals surface area contributed by atoms with Gasteiger partial charge in [0.1, 0.15) is 16.4 Å². The van der Waals surface area contributed by atoms with Crippen molar-refractivity contribution in [2.75, 3.05) is 13.7 Å². The molecule has 1 aliphatic rings. The number of esters is 1. The van der Waals surface area contributed by atoms with Crippen molar-refractivity contribution in [2.24, 2.45) is 4.99 Å². The zero-order chi connectivity index (χ0) is 25.0. The quantitative estimate of drug-likeness (QED) is 0.551. The average Bonchev–Trinajstić information content (AvgIpc) is 3.08. The van der Waals surface area contributed by atoms with E-state index in [-0.39, 0.29) is 34.1 Å². The van der Waals surface area contributed by atoms with E-state index in [0.29, 0.717) is 21.8 Å². The SMILES string of the molecule is CCOC(=O)C1=C(O)/C(=C/c2ccc(OC)c(O)c2)SC1=NC(=O)c1ccc(C(C)(C)C)cc1. The number of hydrogen-bond acceptors (Lipinski definition) is 7. The predicted molar refractivity (Wildman–Crippen MR) is 133 cm³/mol. The standard InChI is InChI=1S/C26H27NO6S/c1-6-33-25(31)21-22(29)20(14-15-7-12-19(32-5)18(28)13-15)34-24(21)27-23(30)16-8-10-17(11-9-16)26(2,3)4/h7-14,28-29H,6H2,1-5H3/b20-14-,27-24?. The second-order valence-electron chi connectivity index (χ2n) is 8.54. The Morgan fingerprint density at radius 1 is 1.09 bits per heavy atom. The van der Waals surface area contributed by atoms with Gasteiger partial charge in [0.05, 0.1) is 18.6 Å². The Bertz CT molecular complexity index is 1200. The third-order valence-corrected chi connectivity index (χ3v) is 6.09. The van der Waals surface area contributed by atoms with Crippen molar-refractivity contribution in [2.45, 2.75) is 33.1 Å². The number of hydrogen-bond donors (Lipinski definition) is 2. The van der Waals surface area contributed by atoms with Crippen LogP contribution in [0.2, 0.25) is 0 Å². The fourth-order valence-electron chi connectivity index (χ4n) is 3.21. The third-order valence-electron chi connectivity index (χ3n) is 5.07. The van der Waals surface area contributed by atoms with Gasteiger partial charge in [-0.3, -0.25) is 4.79 Å². The number of benzene rings is 2. The summed E-state index contributed by atoms with van der Waals surface area (Å²) in [6.45, 7) is 7.98. The van der Waals surface area contributed by atoms with Gasteiger partial charge in [-0.1, -0.05) is 50.7 Å². The average molecular weight is 482 g/mol. The van der Waals surface area contributed by atoms with Gasteiger partial charge < -0.3 is 19.7 Å². The highest BCUT2D eigenvalue weighted by Crippen LogP contribution is 2.40. The van der Waals surface area contributed by atoms with Crippen molar-refractivity contribution in [3.8, 4) is 11.5 Å². The smallest absolute Gasteiger partial charge is 0.344 e. The molecule has 1 amide bonds. The number of methoxy groups -OCH3 is 1. The van der Waals surface area contributed by atoms with Crippen molar-refractivity contribution in [3.05, 3.63) is 75.4 Å². The van der Waals surface area contributed by atoms with Crippen LogP contribution in [-0.2, 0) is 14.9 Å².